The SMILES string of the molecule is CCc1nc(CC)n(-c2nc(NN)nc3[nH]ncc23)n1. The molecule has 0 aliphatic heterocycles. The molecule has 0 aliphatic carbocycles. The second-order valence-electron chi connectivity index (χ2n) is 4.21. The Bertz CT molecular complexity index is 742. The minimum atomic E-state index is 0.298. The Morgan fingerprint density at radius 3 is 2.80 bits per heavy atom. The van der Waals surface area contributed by atoms with Crippen molar-refractivity contribution in [3.05, 3.63) is 17.8 Å². The van der Waals surface area contributed by atoms with Crippen LogP contribution in [0.2, 0.25) is 0 Å². The van der Waals surface area contributed by atoms with Gasteiger partial charge < -0.3 is 0 Å². The summed E-state index contributed by atoms with van der Waals surface area (Å²) in [6.07, 6.45) is 3.18. The third kappa shape index (κ3) is 1.88. The molecule has 9 nitrogen and oxygen atoms in total. The van der Waals surface area contributed by atoms with Gasteiger partial charge in [0.2, 0.25) is 5.95 Å². The lowest BCUT2D eigenvalue weighted by atomic mass is 10.4. The smallest absolute Gasteiger partial charge is 0.241 e. The zero-order valence-corrected chi connectivity index (χ0v) is 11.3. The number of hydrazine groups is 1. The van der Waals surface area contributed by atoms with E-state index in [4.69, 9.17) is 5.84 Å². The van der Waals surface area contributed by atoms with E-state index in [1.54, 1.807) is 10.9 Å². The van der Waals surface area contributed by atoms with Crippen molar-refractivity contribution in [3.8, 4) is 5.82 Å². The van der Waals surface area contributed by atoms with Gasteiger partial charge in [-0.2, -0.15) is 19.7 Å². The lowest BCUT2D eigenvalue weighted by molar-refractivity contribution is 0.773. The number of aromatic amines is 1. The average Bonchev–Trinajstić information content (AvgIpc) is 3.11. The topological polar surface area (TPSA) is 123 Å². The number of aryl methyl sites for hydroxylation is 2. The molecule has 9 heteroatoms. The number of fused-ring (bicyclic) bond motifs is 1. The maximum absolute atomic E-state index is 5.40. The number of anilines is 1. The number of H-pyrrole nitrogens is 1. The summed E-state index contributed by atoms with van der Waals surface area (Å²) in [5.74, 6) is 7.93. The van der Waals surface area contributed by atoms with Gasteiger partial charge in [-0.3, -0.25) is 10.5 Å². The van der Waals surface area contributed by atoms with Gasteiger partial charge in [0.1, 0.15) is 5.82 Å². The van der Waals surface area contributed by atoms with Gasteiger partial charge in [-0.25, -0.2) is 10.8 Å². The summed E-state index contributed by atoms with van der Waals surface area (Å²) in [7, 11) is 0. The molecule has 3 aromatic rings. The number of hydrogen-bond acceptors (Lipinski definition) is 7. The molecule has 3 aromatic heterocycles. The van der Waals surface area contributed by atoms with Crippen LogP contribution in [0, 0.1) is 0 Å². The van der Waals surface area contributed by atoms with Gasteiger partial charge in [-0.05, 0) is 0 Å². The normalized spacial score (nSPS) is 11.2. The van der Waals surface area contributed by atoms with Gasteiger partial charge in [0.15, 0.2) is 17.3 Å². The number of nitrogens with two attached hydrogens (primary N) is 1. The van der Waals surface area contributed by atoms with E-state index in [1.807, 2.05) is 13.8 Å². The van der Waals surface area contributed by atoms with Gasteiger partial charge in [-0.15, -0.1) is 5.10 Å². The predicted octanol–water partition coefficient (Wildman–Crippen LogP) is 0.344. The first-order valence-corrected chi connectivity index (χ1v) is 6.39. The predicted molar refractivity (Wildman–Crippen MR) is 73.2 cm³/mol. The average molecular weight is 273 g/mol. The molecular weight excluding hydrogens is 258 g/mol. The van der Waals surface area contributed by atoms with Crippen molar-refractivity contribution in [2.24, 2.45) is 5.84 Å². The van der Waals surface area contributed by atoms with Crippen molar-refractivity contribution >= 4 is 17.0 Å². The van der Waals surface area contributed by atoms with Crippen molar-refractivity contribution in [2.75, 3.05) is 5.43 Å². The van der Waals surface area contributed by atoms with Crippen LogP contribution in [0.3, 0.4) is 0 Å². The van der Waals surface area contributed by atoms with Gasteiger partial charge >= 0.3 is 0 Å². The zero-order chi connectivity index (χ0) is 14.1. The summed E-state index contributed by atoms with van der Waals surface area (Å²) in [5, 5.41) is 12.0. The van der Waals surface area contributed by atoms with E-state index < -0.39 is 0 Å². The van der Waals surface area contributed by atoms with Crippen molar-refractivity contribution in [3.63, 3.8) is 0 Å². The number of nitrogens with zero attached hydrogens (tertiary/aromatic N) is 6. The molecule has 3 rings (SSSR count). The lowest BCUT2D eigenvalue weighted by Gasteiger charge is -2.06. The van der Waals surface area contributed by atoms with E-state index in [-0.39, 0.29) is 0 Å². The van der Waals surface area contributed by atoms with Crippen LogP contribution >= 0.6 is 0 Å². The van der Waals surface area contributed by atoms with Crippen LogP contribution in [0.15, 0.2) is 6.20 Å². The summed E-state index contributed by atoms with van der Waals surface area (Å²) in [4.78, 5) is 13.0. The highest BCUT2D eigenvalue weighted by atomic mass is 15.4. The third-order valence-corrected chi connectivity index (χ3v) is 2.97. The summed E-state index contributed by atoms with van der Waals surface area (Å²) in [6.45, 7) is 4.04. The largest absolute Gasteiger partial charge is 0.292 e. The van der Waals surface area contributed by atoms with E-state index >= 15 is 0 Å². The Kier molecular flexibility index (Phi) is 3.03. The Balaban J connectivity index is 2.27. The second kappa shape index (κ2) is 4.85. The number of rotatable bonds is 4. The molecule has 4 N–H and O–H groups in total. The quantitative estimate of drug-likeness (QED) is 0.462. The molecule has 0 amide bonds. The molecular formula is C11H15N9. The van der Waals surface area contributed by atoms with Crippen LogP contribution in [0.1, 0.15) is 25.5 Å². The molecule has 0 aromatic carbocycles. The first kappa shape index (κ1) is 12.5. The molecule has 20 heavy (non-hydrogen) atoms. The van der Waals surface area contributed by atoms with Crippen LogP contribution in [-0.4, -0.2) is 34.9 Å². The summed E-state index contributed by atoms with van der Waals surface area (Å²) >= 11 is 0. The standard InChI is InChI=1S/C11H15N9/c1-3-7-14-8(4-2)20(19-7)10-6-5-13-18-9(6)15-11(16-10)17-12/h5H,3-4,12H2,1-2H3,(H2,13,15,16,17,18). The number of aromatic nitrogens is 7. The van der Waals surface area contributed by atoms with Crippen molar-refractivity contribution in [1.82, 2.24) is 34.9 Å². The molecule has 3 heterocycles. The van der Waals surface area contributed by atoms with Crippen molar-refractivity contribution in [1.29, 1.82) is 0 Å². The number of nitrogens with one attached hydrogen (secondary N) is 2. The summed E-state index contributed by atoms with van der Waals surface area (Å²) in [6, 6.07) is 0. The molecule has 0 atom stereocenters. The Labute approximate surface area is 114 Å². The summed E-state index contributed by atoms with van der Waals surface area (Å²) in [5.41, 5.74) is 3.04. The maximum atomic E-state index is 5.40. The molecule has 0 fully saturated rings. The van der Waals surface area contributed by atoms with Gasteiger partial charge in [0, 0.05) is 12.8 Å². The Morgan fingerprint density at radius 1 is 1.25 bits per heavy atom. The van der Waals surface area contributed by atoms with Crippen molar-refractivity contribution < 1.29 is 0 Å². The number of hydrogen-bond donors (Lipinski definition) is 3. The van der Waals surface area contributed by atoms with E-state index in [0.717, 1.165) is 29.9 Å². The van der Waals surface area contributed by atoms with E-state index in [1.165, 1.54) is 0 Å². The minimum Gasteiger partial charge on any atom is -0.292 e. The Morgan fingerprint density at radius 2 is 2.10 bits per heavy atom. The lowest BCUT2D eigenvalue weighted by Crippen LogP contribution is -2.13. The highest BCUT2D eigenvalue weighted by Gasteiger charge is 2.16. The van der Waals surface area contributed by atoms with Crippen LogP contribution in [0.25, 0.3) is 16.9 Å². The monoisotopic (exact) mass is 273 g/mol. The molecule has 104 valence electrons. The molecule has 0 saturated carbocycles. The van der Waals surface area contributed by atoms with Crippen LogP contribution in [0.5, 0.6) is 0 Å². The summed E-state index contributed by atoms with van der Waals surface area (Å²) < 4.78 is 1.72. The van der Waals surface area contributed by atoms with E-state index in [9.17, 15) is 0 Å². The van der Waals surface area contributed by atoms with Crippen molar-refractivity contribution in [2.45, 2.75) is 26.7 Å². The van der Waals surface area contributed by atoms with Gasteiger partial charge in [0.05, 0.1) is 11.6 Å². The molecule has 0 saturated heterocycles. The fourth-order valence-corrected chi connectivity index (χ4v) is 1.99. The highest BCUT2D eigenvalue weighted by molar-refractivity contribution is 5.82. The maximum Gasteiger partial charge on any atom is 0.241 e. The Hall–Kier alpha value is -2.55. The number of nitrogen functional groups attached to an aromatic ring is 1. The van der Waals surface area contributed by atoms with E-state index in [2.05, 4.69) is 35.7 Å². The molecule has 0 bridgehead atoms. The second-order valence-corrected chi connectivity index (χ2v) is 4.21. The van der Waals surface area contributed by atoms with E-state index in [0.29, 0.717) is 17.4 Å². The van der Waals surface area contributed by atoms with Crippen LogP contribution in [-0.2, 0) is 12.8 Å². The minimum absolute atomic E-state index is 0.298. The first-order chi connectivity index (χ1) is 9.76. The molecule has 0 unspecified atom stereocenters. The zero-order valence-electron chi connectivity index (χ0n) is 11.3. The third-order valence-electron chi connectivity index (χ3n) is 2.97. The fraction of sp³-hybridized carbons (Fsp3) is 0.364. The van der Waals surface area contributed by atoms with Crippen LogP contribution < -0.4 is 11.3 Å². The molecule has 0 spiro atoms. The van der Waals surface area contributed by atoms with Gasteiger partial charge in [-0.1, -0.05) is 13.8 Å². The first-order valence-electron chi connectivity index (χ1n) is 6.39. The fourth-order valence-electron chi connectivity index (χ4n) is 1.99. The molecule has 0 aliphatic rings. The van der Waals surface area contributed by atoms with Gasteiger partial charge in [0.25, 0.3) is 0 Å². The highest BCUT2D eigenvalue weighted by Crippen LogP contribution is 2.19. The molecule has 0 radical (unpaired) electrons. The van der Waals surface area contributed by atoms with Crippen LogP contribution in [0.4, 0.5) is 5.95 Å².